The number of carbonyl (C=O) groups is 1. The number of rotatable bonds is 4. The van der Waals surface area contributed by atoms with E-state index < -0.39 is 0 Å². The number of nitrogens with one attached hydrogen (secondary N) is 1. The summed E-state index contributed by atoms with van der Waals surface area (Å²) in [6, 6.07) is 15.2. The van der Waals surface area contributed by atoms with Gasteiger partial charge in [-0.25, -0.2) is 15.0 Å². The van der Waals surface area contributed by atoms with Crippen molar-refractivity contribution in [1.82, 2.24) is 19.9 Å². The molecule has 1 aliphatic rings. The Bertz CT molecular complexity index is 1300. The number of carbonyl (C=O) groups excluding carboxylic acids is 1. The molecule has 1 aliphatic heterocycles. The van der Waals surface area contributed by atoms with Crippen LogP contribution in [0.3, 0.4) is 0 Å². The van der Waals surface area contributed by atoms with Gasteiger partial charge in [0.25, 0.3) is 5.91 Å². The number of anilines is 1. The lowest BCUT2D eigenvalue weighted by molar-refractivity contribution is 0.0300. The first-order valence-corrected chi connectivity index (χ1v) is 10.9. The van der Waals surface area contributed by atoms with Crippen LogP contribution in [0, 0.1) is 0 Å². The average molecular weight is 448 g/mol. The van der Waals surface area contributed by atoms with E-state index in [9.17, 15) is 4.79 Å². The summed E-state index contributed by atoms with van der Waals surface area (Å²) in [6.07, 6.45) is 1.54. The van der Waals surface area contributed by atoms with Gasteiger partial charge in [-0.2, -0.15) is 0 Å². The van der Waals surface area contributed by atoms with Gasteiger partial charge in [0.1, 0.15) is 17.8 Å². The molecular weight excluding hydrogens is 426 g/mol. The normalized spacial score (nSPS) is 15.1. The van der Waals surface area contributed by atoms with Crippen LogP contribution in [-0.4, -0.2) is 52.1 Å². The first-order valence-electron chi connectivity index (χ1n) is 10.5. The number of hydrogen-bond donors (Lipinski definition) is 1. The van der Waals surface area contributed by atoms with Crippen molar-refractivity contribution in [2.24, 2.45) is 0 Å². The third kappa shape index (κ3) is 3.85. The number of nitrogens with zero attached hydrogens (tertiary/aromatic N) is 4. The summed E-state index contributed by atoms with van der Waals surface area (Å²) >= 11 is 6.50. The minimum absolute atomic E-state index is 0.132. The molecule has 0 saturated carbocycles. The van der Waals surface area contributed by atoms with Gasteiger partial charge in [0.15, 0.2) is 0 Å². The number of halogens is 1. The van der Waals surface area contributed by atoms with Gasteiger partial charge >= 0.3 is 0 Å². The van der Waals surface area contributed by atoms with Crippen molar-refractivity contribution in [3.05, 3.63) is 71.3 Å². The van der Waals surface area contributed by atoms with Gasteiger partial charge in [-0.1, -0.05) is 35.9 Å². The third-order valence-electron chi connectivity index (χ3n) is 5.67. The lowest BCUT2D eigenvalue weighted by Gasteiger charge is -2.27. The molecule has 3 heterocycles. The SMILES string of the molecule is C[C@H](Nc1ncnc2ccccc12)c1cc2cccc(Cl)c2c(C(=O)N2CCOCC2)n1. The Labute approximate surface area is 190 Å². The van der Waals surface area contributed by atoms with Gasteiger partial charge in [0.05, 0.1) is 35.5 Å². The molecule has 2 aromatic carbocycles. The first-order chi connectivity index (χ1) is 15.6. The standard InChI is InChI=1S/C24H22ClN5O2/c1-15(28-23-17-6-2-3-8-19(17)26-14-27-23)20-13-16-5-4-7-18(25)21(16)22(29-20)24(31)30-9-11-32-12-10-30/h2-8,13-15H,9-12H2,1H3,(H,26,27,28)/t15-/m0/s1. The molecule has 162 valence electrons. The van der Waals surface area contributed by atoms with Crippen molar-refractivity contribution in [3.63, 3.8) is 0 Å². The minimum Gasteiger partial charge on any atom is -0.378 e. The van der Waals surface area contributed by atoms with E-state index in [2.05, 4.69) is 15.3 Å². The molecule has 1 N–H and O–H groups in total. The summed E-state index contributed by atoms with van der Waals surface area (Å²) < 4.78 is 5.40. The molecule has 0 spiro atoms. The van der Waals surface area contributed by atoms with Gasteiger partial charge in [0, 0.05) is 23.9 Å². The van der Waals surface area contributed by atoms with E-state index in [1.807, 2.05) is 49.4 Å². The van der Waals surface area contributed by atoms with Crippen LogP contribution in [0.5, 0.6) is 0 Å². The molecule has 32 heavy (non-hydrogen) atoms. The zero-order chi connectivity index (χ0) is 22.1. The smallest absolute Gasteiger partial charge is 0.273 e. The Kier molecular flexibility index (Phi) is 5.59. The zero-order valence-electron chi connectivity index (χ0n) is 17.6. The van der Waals surface area contributed by atoms with Crippen LogP contribution in [0.2, 0.25) is 5.02 Å². The van der Waals surface area contributed by atoms with E-state index in [0.717, 1.165) is 27.8 Å². The van der Waals surface area contributed by atoms with Gasteiger partial charge in [-0.15, -0.1) is 0 Å². The van der Waals surface area contributed by atoms with Crippen LogP contribution in [0.25, 0.3) is 21.7 Å². The molecule has 1 fully saturated rings. The number of amides is 1. The number of benzene rings is 2. The minimum atomic E-state index is -0.201. The number of para-hydroxylation sites is 1. The highest BCUT2D eigenvalue weighted by Gasteiger charge is 2.24. The van der Waals surface area contributed by atoms with Gasteiger partial charge in [0.2, 0.25) is 0 Å². The fraction of sp³-hybridized carbons (Fsp3) is 0.250. The predicted molar refractivity (Wildman–Crippen MR) is 125 cm³/mol. The predicted octanol–water partition coefficient (Wildman–Crippen LogP) is 4.48. The molecule has 0 aliphatic carbocycles. The largest absolute Gasteiger partial charge is 0.378 e. The molecule has 0 bridgehead atoms. The maximum Gasteiger partial charge on any atom is 0.273 e. The number of aromatic nitrogens is 3. The molecule has 1 saturated heterocycles. The van der Waals surface area contributed by atoms with Gasteiger partial charge in [-0.3, -0.25) is 4.79 Å². The topological polar surface area (TPSA) is 80.2 Å². The van der Waals surface area contributed by atoms with Gasteiger partial charge < -0.3 is 15.0 Å². The van der Waals surface area contributed by atoms with Crippen LogP contribution >= 0.6 is 11.6 Å². The highest BCUT2D eigenvalue weighted by molar-refractivity contribution is 6.36. The maximum absolute atomic E-state index is 13.4. The average Bonchev–Trinajstić information content (AvgIpc) is 2.84. The molecule has 4 aromatic rings. The molecule has 2 aromatic heterocycles. The molecule has 0 unspecified atom stereocenters. The fourth-order valence-electron chi connectivity index (χ4n) is 3.98. The fourth-order valence-corrected chi connectivity index (χ4v) is 4.25. The molecule has 8 heteroatoms. The van der Waals surface area contributed by atoms with Crippen LogP contribution in [0.1, 0.15) is 29.1 Å². The summed E-state index contributed by atoms with van der Waals surface area (Å²) in [5, 5.41) is 6.43. The Morgan fingerprint density at radius 2 is 1.94 bits per heavy atom. The Hall–Kier alpha value is -3.29. The lowest BCUT2D eigenvalue weighted by Crippen LogP contribution is -2.41. The quantitative estimate of drug-likeness (QED) is 0.497. The van der Waals surface area contributed by atoms with E-state index in [-0.39, 0.29) is 11.9 Å². The molecule has 1 amide bonds. The monoisotopic (exact) mass is 447 g/mol. The maximum atomic E-state index is 13.4. The van der Waals surface area contributed by atoms with Crippen molar-refractivity contribution < 1.29 is 9.53 Å². The number of ether oxygens (including phenoxy) is 1. The molecule has 7 nitrogen and oxygen atoms in total. The van der Waals surface area contributed by atoms with Crippen LogP contribution < -0.4 is 5.32 Å². The number of pyridine rings is 1. The second-order valence-corrected chi connectivity index (χ2v) is 8.15. The summed E-state index contributed by atoms with van der Waals surface area (Å²) in [4.78, 5) is 28.7. The highest BCUT2D eigenvalue weighted by Crippen LogP contribution is 2.31. The van der Waals surface area contributed by atoms with Crippen molar-refractivity contribution in [2.75, 3.05) is 31.6 Å². The van der Waals surface area contributed by atoms with Gasteiger partial charge in [-0.05, 0) is 36.6 Å². The first kappa shape index (κ1) is 20.6. The van der Waals surface area contributed by atoms with E-state index in [4.69, 9.17) is 21.3 Å². The molecule has 5 rings (SSSR count). The summed E-state index contributed by atoms with van der Waals surface area (Å²) in [6.45, 7) is 4.12. The Morgan fingerprint density at radius 1 is 1.12 bits per heavy atom. The van der Waals surface area contributed by atoms with E-state index >= 15 is 0 Å². The lowest BCUT2D eigenvalue weighted by atomic mass is 10.0. The second kappa shape index (κ2) is 8.68. The molecular formula is C24H22ClN5O2. The number of hydrogen-bond acceptors (Lipinski definition) is 6. The number of morpholine rings is 1. The summed E-state index contributed by atoms with van der Waals surface area (Å²) in [5.74, 6) is 0.588. The van der Waals surface area contributed by atoms with E-state index in [0.29, 0.717) is 42.4 Å². The molecule has 0 radical (unpaired) electrons. The van der Waals surface area contributed by atoms with Crippen LogP contribution in [0.15, 0.2) is 54.9 Å². The zero-order valence-corrected chi connectivity index (χ0v) is 18.3. The van der Waals surface area contributed by atoms with Crippen molar-refractivity contribution in [3.8, 4) is 0 Å². The molecule has 1 atom stereocenters. The van der Waals surface area contributed by atoms with Crippen molar-refractivity contribution in [1.29, 1.82) is 0 Å². The van der Waals surface area contributed by atoms with Crippen molar-refractivity contribution >= 4 is 45.0 Å². The number of fused-ring (bicyclic) bond motifs is 2. The van der Waals surface area contributed by atoms with Crippen molar-refractivity contribution in [2.45, 2.75) is 13.0 Å². The van der Waals surface area contributed by atoms with Crippen LogP contribution in [-0.2, 0) is 4.74 Å². The third-order valence-corrected chi connectivity index (χ3v) is 5.98. The van der Waals surface area contributed by atoms with E-state index in [1.165, 1.54) is 0 Å². The summed E-state index contributed by atoms with van der Waals surface area (Å²) in [5.41, 5.74) is 1.96. The summed E-state index contributed by atoms with van der Waals surface area (Å²) in [7, 11) is 0. The van der Waals surface area contributed by atoms with E-state index in [1.54, 1.807) is 17.3 Å². The highest BCUT2D eigenvalue weighted by atomic mass is 35.5. The van der Waals surface area contributed by atoms with Crippen LogP contribution in [0.4, 0.5) is 5.82 Å². The Morgan fingerprint density at radius 3 is 2.78 bits per heavy atom. The Balaban J connectivity index is 1.56. The second-order valence-electron chi connectivity index (χ2n) is 7.74.